The predicted octanol–water partition coefficient (Wildman–Crippen LogP) is 3.63. The summed E-state index contributed by atoms with van der Waals surface area (Å²) in [6, 6.07) is 14.2. The Morgan fingerprint density at radius 1 is 0.696 bits per heavy atom. The van der Waals surface area contributed by atoms with Crippen LogP contribution in [0.5, 0.6) is 0 Å². The molecule has 0 spiro atoms. The summed E-state index contributed by atoms with van der Waals surface area (Å²) in [5.41, 5.74) is 5.33. The van der Waals surface area contributed by atoms with E-state index in [0.29, 0.717) is 5.46 Å². The van der Waals surface area contributed by atoms with Crippen molar-refractivity contribution in [3.8, 4) is 11.1 Å². The van der Waals surface area contributed by atoms with Crippen LogP contribution in [0.2, 0.25) is 0 Å². The van der Waals surface area contributed by atoms with Crippen LogP contribution in [0.3, 0.4) is 0 Å². The first kappa shape index (κ1) is 17.8. The van der Waals surface area contributed by atoms with Crippen LogP contribution in [-0.2, 0) is 10.8 Å². The first-order chi connectivity index (χ1) is 10.5. The highest BCUT2D eigenvalue weighted by molar-refractivity contribution is 6.58. The van der Waals surface area contributed by atoms with E-state index < -0.39 is 7.12 Å². The van der Waals surface area contributed by atoms with Crippen LogP contribution < -0.4 is 5.46 Å². The van der Waals surface area contributed by atoms with E-state index in [0.717, 1.165) is 11.1 Å². The van der Waals surface area contributed by atoms with Crippen LogP contribution in [0.4, 0.5) is 0 Å². The molecule has 0 saturated carbocycles. The lowest BCUT2D eigenvalue weighted by Gasteiger charge is -2.26. The van der Waals surface area contributed by atoms with Gasteiger partial charge < -0.3 is 10.0 Å². The van der Waals surface area contributed by atoms with Gasteiger partial charge in [-0.25, -0.2) is 0 Å². The van der Waals surface area contributed by atoms with Crippen molar-refractivity contribution >= 4 is 12.6 Å². The third-order valence-electron chi connectivity index (χ3n) is 4.18. The highest BCUT2D eigenvalue weighted by Gasteiger charge is 2.21. The first-order valence-corrected chi connectivity index (χ1v) is 8.11. The lowest BCUT2D eigenvalue weighted by Crippen LogP contribution is -2.29. The summed E-state index contributed by atoms with van der Waals surface area (Å²) >= 11 is 0. The van der Waals surface area contributed by atoms with Crippen LogP contribution in [0.15, 0.2) is 42.5 Å². The zero-order valence-corrected chi connectivity index (χ0v) is 15.0. The fourth-order valence-corrected chi connectivity index (χ4v) is 2.54. The molecule has 2 aromatic carbocycles. The fraction of sp³-hybridized carbons (Fsp3) is 0.400. The second-order valence-electron chi connectivity index (χ2n) is 8.30. The zero-order valence-electron chi connectivity index (χ0n) is 15.0. The molecule has 0 aliphatic heterocycles. The Hall–Kier alpha value is -1.58. The first-order valence-electron chi connectivity index (χ1n) is 8.11. The summed E-state index contributed by atoms with van der Waals surface area (Å²) in [6.07, 6.45) is 0. The maximum atomic E-state index is 9.42. The van der Waals surface area contributed by atoms with Crippen molar-refractivity contribution in [2.45, 2.75) is 52.4 Å². The van der Waals surface area contributed by atoms with Gasteiger partial charge in [-0.05, 0) is 38.5 Å². The minimum Gasteiger partial charge on any atom is -0.423 e. The molecule has 2 aromatic rings. The van der Waals surface area contributed by atoms with Gasteiger partial charge >= 0.3 is 7.12 Å². The van der Waals surface area contributed by atoms with Gasteiger partial charge in [-0.2, -0.15) is 0 Å². The van der Waals surface area contributed by atoms with Crippen molar-refractivity contribution in [1.82, 2.24) is 0 Å². The highest BCUT2D eigenvalue weighted by Crippen LogP contribution is 2.33. The van der Waals surface area contributed by atoms with Gasteiger partial charge in [0.1, 0.15) is 0 Å². The Morgan fingerprint density at radius 2 is 1.22 bits per heavy atom. The number of rotatable bonds is 2. The molecule has 2 nitrogen and oxygen atoms in total. The molecule has 2 N–H and O–H groups in total. The van der Waals surface area contributed by atoms with E-state index in [1.165, 1.54) is 11.1 Å². The average molecular weight is 310 g/mol. The standard InChI is InChI=1S/C20H27BO2/c1-19(2,3)16-10-15(11-17(13-16)20(4,5)6)14-8-7-9-18(12-14)21(22)23/h7-13,22-23H,1-6H3. The Bertz CT molecular complexity index is 659. The minimum atomic E-state index is -1.44. The lowest BCUT2D eigenvalue weighted by molar-refractivity contribution is 0.426. The monoisotopic (exact) mass is 310 g/mol. The predicted molar refractivity (Wildman–Crippen MR) is 99.1 cm³/mol. The third kappa shape index (κ3) is 4.24. The molecule has 0 amide bonds. The van der Waals surface area contributed by atoms with Gasteiger partial charge in [0.05, 0.1) is 0 Å². The molecule has 122 valence electrons. The fourth-order valence-electron chi connectivity index (χ4n) is 2.54. The molecule has 0 atom stereocenters. The smallest absolute Gasteiger partial charge is 0.423 e. The number of hydrogen-bond acceptors (Lipinski definition) is 2. The molecule has 0 unspecified atom stereocenters. The minimum absolute atomic E-state index is 0.0596. The van der Waals surface area contributed by atoms with E-state index in [-0.39, 0.29) is 10.8 Å². The SMILES string of the molecule is CC(C)(C)c1cc(-c2cccc(B(O)O)c2)cc(C(C)(C)C)c1. The van der Waals surface area contributed by atoms with Crippen molar-refractivity contribution in [3.63, 3.8) is 0 Å². The van der Waals surface area contributed by atoms with Crippen LogP contribution >= 0.6 is 0 Å². The number of benzene rings is 2. The van der Waals surface area contributed by atoms with Crippen molar-refractivity contribution in [3.05, 3.63) is 53.6 Å². The van der Waals surface area contributed by atoms with Gasteiger partial charge in [-0.3, -0.25) is 0 Å². The van der Waals surface area contributed by atoms with Crippen LogP contribution in [0.25, 0.3) is 11.1 Å². The van der Waals surface area contributed by atoms with Crippen LogP contribution in [-0.4, -0.2) is 17.2 Å². The summed E-state index contributed by atoms with van der Waals surface area (Å²) in [5, 5.41) is 18.8. The van der Waals surface area contributed by atoms with Gasteiger partial charge in [0.2, 0.25) is 0 Å². The molecule has 0 radical (unpaired) electrons. The van der Waals surface area contributed by atoms with E-state index in [2.05, 4.69) is 59.7 Å². The summed E-state index contributed by atoms with van der Waals surface area (Å²) in [7, 11) is -1.44. The van der Waals surface area contributed by atoms with Crippen molar-refractivity contribution in [2.75, 3.05) is 0 Å². The lowest BCUT2D eigenvalue weighted by atomic mass is 9.77. The normalized spacial score (nSPS) is 12.3. The number of hydrogen-bond donors (Lipinski definition) is 2. The van der Waals surface area contributed by atoms with Crippen molar-refractivity contribution in [2.24, 2.45) is 0 Å². The van der Waals surface area contributed by atoms with E-state index in [1.807, 2.05) is 18.2 Å². The largest absolute Gasteiger partial charge is 0.488 e. The van der Waals surface area contributed by atoms with Gasteiger partial charge in [0.15, 0.2) is 0 Å². The van der Waals surface area contributed by atoms with Crippen molar-refractivity contribution < 1.29 is 10.0 Å². The van der Waals surface area contributed by atoms with Gasteiger partial charge in [-0.1, -0.05) is 84.0 Å². The van der Waals surface area contributed by atoms with E-state index >= 15 is 0 Å². The summed E-state index contributed by atoms with van der Waals surface area (Å²) in [5.74, 6) is 0. The molecule has 0 bridgehead atoms. The average Bonchev–Trinajstić information content (AvgIpc) is 2.45. The Kier molecular flexibility index (Phi) is 4.75. The molecular formula is C20H27BO2. The van der Waals surface area contributed by atoms with E-state index in [9.17, 15) is 10.0 Å². The molecule has 2 rings (SSSR count). The quantitative estimate of drug-likeness (QED) is 0.832. The zero-order chi connectivity index (χ0) is 17.4. The molecule has 0 fully saturated rings. The molecule has 0 aromatic heterocycles. The van der Waals surface area contributed by atoms with Gasteiger partial charge in [0, 0.05) is 0 Å². The van der Waals surface area contributed by atoms with E-state index in [1.54, 1.807) is 6.07 Å². The Morgan fingerprint density at radius 3 is 1.65 bits per heavy atom. The third-order valence-corrected chi connectivity index (χ3v) is 4.18. The molecule has 3 heteroatoms. The Balaban J connectivity index is 2.64. The van der Waals surface area contributed by atoms with Crippen molar-refractivity contribution in [1.29, 1.82) is 0 Å². The molecule has 0 aliphatic carbocycles. The molecule has 23 heavy (non-hydrogen) atoms. The van der Waals surface area contributed by atoms with E-state index in [4.69, 9.17) is 0 Å². The van der Waals surface area contributed by atoms with Crippen LogP contribution in [0.1, 0.15) is 52.7 Å². The second-order valence-corrected chi connectivity index (χ2v) is 8.30. The highest BCUT2D eigenvalue weighted by atomic mass is 16.4. The summed E-state index contributed by atoms with van der Waals surface area (Å²) < 4.78 is 0. The molecule has 0 heterocycles. The molecule has 0 saturated heterocycles. The maximum absolute atomic E-state index is 9.42. The second kappa shape index (κ2) is 6.14. The molecular weight excluding hydrogens is 283 g/mol. The Labute approximate surface area is 140 Å². The molecule has 0 aliphatic rings. The van der Waals surface area contributed by atoms with Gasteiger partial charge in [0.25, 0.3) is 0 Å². The van der Waals surface area contributed by atoms with Crippen LogP contribution in [0, 0.1) is 0 Å². The van der Waals surface area contributed by atoms with Gasteiger partial charge in [-0.15, -0.1) is 0 Å². The summed E-state index contributed by atoms with van der Waals surface area (Å²) in [4.78, 5) is 0. The summed E-state index contributed by atoms with van der Waals surface area (Å²) in [6.45, 7) is 13.3. The topological polar surface area (TPSA) is 40.5 Å². The maximum Gasteiger partial charge on any atom is 0.488 e.